The fourth-order valence-corrected chi connectivity index (χ4v) is 5.83. The van der Waals surface area contributed by atoms with E-state index < -0.39 is 41.6 Å². The Balaban J connectivity index is 0.000000780. The van der Waals surface area contributed by atoms with Crippen molar-refractivity contribution < 1.29 is 38.1 Å². The van der Waals surface area contributed by atoms with E-state index in [0.717, 1.165) is 11.1 Å². The lowest BCUT2D eigenvalue weighted by Crippen LogP contribution is -2.41. The summed E-state index contributed by atoms with van der Waals surface area (Å²) < 4.78 is 27.8. The Labute approximate surface area is 270 Å². The number of methoxy groups -OCH3 is 2. The molecular weight excluding hydrogens is 642 g/mol. The maximum Gasteiger partial charge on any atom is 0.334 e. The molecule has 3 aliphatic rings. The maximum absolute atomic E-state index is 13.2. The number of hydrogen-bond acceptors (Lipinski definition) is 8. The number of fused-ring (bicyclic) bond motifs is 3. The third-order valence-corrected chi connectivity index (χ3v) is 7.28. The van der Waals surface area contributed by atoms with Crippen LogP contribution in [-0.2, 0) is 28.6 Å². The number of para-hydroxylation sites is 2. The maximum atomic E-state index is 13.2. The van der Waals surface area contributed by atoms with Crippen LogP contribution in [0.4, 0.5) is 0 Å². The van der Waals surface area contributed by atoms with Crippen molar-refractivity contribution in [2.75, 3.05) is 31.5 Å². The van der Waals surface area contributed by atoms with Gasteiger partial charge in [-0.05, 0) is 30.7 Å². The minimum atomic E-state index is -0.776. The molecule has 2 aromatic rings. The van der Waals surface area contributed by atoms with E-state index in [1.165, 1.54) is 6.08 Å². The van der Waals surface area contributed by atoms with Gasteiger partial charge in [0.05, 0.1) is 49.4 Å². The zero-order valence-corrected chi connectivity index (χ0v) is 26.8. The van der Waals surface area contributed by atoms with Crippen LogP contribution >= 0.6 is 46.4 Å². The second kappa shape index (κ2) is 16.8. The van der Waals surface area contributed by atoms with Crippen molar-refractivity contribution in [2.45, 2.75) is 25.2 Å². The number of rotatable bonds is 6. The van der Waals surface area contributed by atoms with Crippen LogP contribution in [0.25, 0.3) is 0 Å². The van der Waals surface area contributed by atoms with Gasteiger partial charge in [0.25, 0.3) is 0 Å². The topological polar surface area (TPSA) is 97.4 Å². The number of hydrogen-bond donors (Lipinski definition) is 0. The molecule has 2 aliphatic heterocycles. The first-order valence-corrected chi connectivity index (χ1v) is 15.5. The van der Waals surface area contributed by atoms with Crippen molar-refractivity contribution in [3.05, 3.63) is 83.3 Å². The number of ether oxygens (including phenoxy) is 5. The van der Waals surface area contributed by atoms with E-state index in [1.807, 2.05) is 54.6 Å². The molecule has 0 spiro atoms. The normalized spacial score (nSPS) is 24.4. The molecule has 5 rings (SSSR count). The van der Waals surface area contributed by atoms with Gasteiger partial charge in [0.15, 0.2) is 0 Å². The molecule has 1 aliphatic carbocycles. The van der Waals surface area contributed by atoms with E-state index >= 15 is 0 Å². The SMILES string of the molecule is CCOC(=O)/C=C1\C[C@H](c2ccccc2OC)[C@@H]2C(=C[C@H](c3ccccc3OC)[C@@H]3C(=O)OC(=O)[C@@H]32)O1.ClCCl.ClCCl. The van der Waals surface area contributed by atoms with E-state index in [1.54, 1.807) is 21.1 Å². The van der Waals surface area contributed by atoms with Crippen molar-refractivity contribution in [3.8, 4) is 11.5 Å². The fourth-order valence-electron chi connectivity index (χ4n) is 5.83. The zero-order chi connectivity index (χ0) is 31.5. The third-order valence-electron chi connectivity index (χ3n) is 7.28. The number of halogens is 4. The lowest BCUT2D eigenvalue weighted by molar-refractivity contribution is -0.154. The molecule has 0 unspecified atom stereocenters. The highest BCUT2D eigenvalue weighted by atomic mass is 35.5. The zero-order valence-electron chi connectivity index (χ0n) is 23.8. The minimum absolute atomic E-state index is 0.194. The highest BCUT2D eigenvalue weighted by Crippen LogP contribution is 2.57. The second-order valence-electron chi connectivity index (χ2n) is 9.37. The van der Waals surface area contributed by atoms with E-state index in [0.29, 0.717) is 29.4 Å². The van der Waals surface area contributed by atoms with Gasteiger partial charge in [-0.15, -0.1) is 46.4 Å². The lowest BCUT2D eigenvalue weighted by Gasteiger charge is -2.43. The Hall–Kier alpha value is -2.91. The van der Waals surface area contributed by atoms with Crippen molar-refractivity contribution >= 4 is 64.3 Å². The molecular formula is C31H32Cl4O8. The number of benzene rings is 2. The van der Waals surface area contributed by atoms with Crippen LogP contribution < -0.4 is 9.47 Å². The number of carbonyl (C=O) groups is 3. The Kier molecular flexibility index (Phi) is 13.5. The molecule has 0 saturated carbocycles. The molecule has 0 radical (unpaired) electrons. The summed E-state index contributed by atoms with van der Waals surface area (Å²) in [5, 5.41) is 0.389. The predicted molar refractivity (Wildman–Crippen MR) is 165 cm³/mol. The first-order valence-electron chi connectivity index (χ1n) is 13.3. The van der Waals surface area contributed by atoms with Crippen molar-refractivity contribution in [3.63, 3.8) is 0 Å². The highest BCUT2D eigenvalue weighted by Gasteiger charge is 2.59. The standard InChI is InChI=1S/C29H28O8.2CH2Cl2/c1-4-35-24(30)14-16-13-19(17-9-5-7-11-21(17)33-2)25-23(36-16)15-20(18-10-6-8-12-22(18)34-3)26-27(25)29(32)37-28(26)31;2*2-1-3/h5-12,14-15,19-20,25-27H,4,13H2,1-3H3;2*1H2/b16-14+;;/t19-,20-,25-,26+,27-;;/m1../s1. The molecule has 232 valence electrons. The monoisotopic (exact) mass is 672 g/mol. The van der Waals surface area contributed by atoms with Gasteiger partial charge in [-0.1, -0.05) is 36.4 Å². The first kappa shape index (κ1) is 34.6. The predicted octanol–water partition coefficient (Wildman–Crippen LogP) is 7.11. The molecule has 0 amide bonds. The third kappa shape index (κ3) is 7.98. The van der Waals surface area contributed by atoms with Crippen LogP contribution in [-0.4, -0.2) is 49.4 Å². The summed E-state index contributed by atoms with van der Waals surface area (Å²) in [6.07, 6.45) is 3.51. The molecule has 0 N–H and O–H groups in total. The Morgan fingerprint density at radius 1 is 0.837 bits per heavy atom. The van der Waals surface area contributed by atoms with Crippen LogP contribution in [0, 0.1) is 17.8 Å². The van der Waals surface area contributed by atoms with Crippen LogP contribution in [0.2, 0.25) is 0 Å². The van der Waals surface area contributed by atoms with Gasteiger partial charge < -0.3 is 23.7 Å². The lowest BCUT2D eigenvalue weighted by atomic mass is 9.62. The summed E-state index contributed by atoms with van der Waals surface area (Å²) in [5.41, 5.74) is 1.59. The van der Waals surface area contributed by atoms with Crippen molar-refractivity contribution in [1.82, 2.24) is 0 Å². The molecule has 2 heterocycles. The Morgan fingerprint density at radius 3 is 1.95 bits per heavy atom. The van der Waals surface area contributed by atoms with Crippen LogP contribution in [0.1, 0.15) is 36.3 Å². The number of esters is 3. The number of allylic oxidation sites excluding steroid dienone is 3. The second-order valence-corrected chi connectivity index (χ2v) is 11.0. The van der Waals surface area contributed by atoms with Gasteiger partial charge in [-0.25, -0.2) is 4.79 Å². The van der Waals surface area contributed by atoms with Gasteiger partial charge in [0, 0.05) is 29.7 Å². The molecule has 12 heteroatoms. The summed E-state index contributed by atoms with van der Waals surface area (Å²) in [6, 6.07) is 14.9. The summed E-state index contributed by atoms with van der Waals surface area (Å²) in [6.45, 7) is 1.97. The fraction of sp³-hybridized carbons (Fsp3) is 0.387. The molecule has 5 atom stereocenters. The summed E-state index contributed by atoms with van der Waals surface area (Å²) in [5.74, 6) is -2.36. The summed E-state index contributed by atoms with van der Waals surface area (Å²) in [4.78, 5) is 38.6. The molecule has 2 fully saturated rings. The molecule has 8 nitrogen and oxygen atoms in total. The summed E-state index contributed by atoms with van der Waals surface area (Å²) in [7, 11) is 3.14. The molecule has 0 aromatic heterocycles. The summed E-state index contributed by atoms with van der Waals surface area (Å²) >= 11 is 19.1. The molecule has 0 bridgehead atoms. The minimum Gasteiger partial charge on any atom is -0.496 e. The van der Waals surface area contributed by atoms with Crippen LogP contribution in [0.3, 0.4) is 0 Å². The Bertz CT molecular complexity index is 1340. The average molecular weight is 674 g/mol. The quantitative estimate of drug-likeness (QED) is 0.139. The first-order chi connectivity index (χ1) is 20.8. The highest BCUT2D eigenvalue weighted by molar-refractivity contribution is 6.41. The van der Waals surface area contributed by atoms with Gasteiger partial charge in [0.1, 0.15) is 23.0 Å². The molecule has 43 heavy (non-hydrogen) atoms. The van der Waals surface area contributed by atoms with Gasteiger partial charge in [-0.3, -0.25) is 9.59 Å². The van der Waals surface area contributed by atoms with Gasteiger partial charge >= 0.3 is 17.9 Å². The number of alkyl halides is 4. The number of cyclic esters (lactones) is 2. The van der Waals surface area contributed by atoms with Crippen molar-refractivity contribution in [2.24, 2.45) is 17.8 Å². The number of carbonyl (C=O) groups excluding carboxylic acids is 3. The van der Waals surface area contributed by atoms with E-state index in [-0.39, 0.29) is 23.2 Å². The van der Waals surface area contributed by atoms with Crippen LogP contribution in [0.15, 0.2) is 72.2 Å². The van der Waals surface area contributed by atoms with Gasteiger partial charge in [0.2, 0.25) is 0 Å². The average Bonchev–Trinajstić information content (AvgIpc) is 3.30. The van der Waals surface area contributed by atoms with E-state index in [4.69, 9.17) is 70.1 Å². The van der Waals surface area contributed by atoms with Crippen LogP contribution in [0.5, 0.6) is 11.5 Å². The van der Waals surface area contributed by atoms with E-state index in [9.17, 15) is 14.4 Å². The Morgan fingerprint density at radius 2 is 1.37 bits per heavy atom. The smallest absolute Gasteiger partial charge is 0.334 e. The molecule has 2 saturated heterocycles. The largest absolute Gasteiger partial charge is 0.496 e. The van der Waals surface area contributed by atoms with Crippen molar-refractivity contribution in [1.29, 1.82) is 0 Å². The van der Waals surface area contributed by atoms with E-state index in [2.05, 4.69) is 0 Å². The van der Waals surface area contributed by atoms with Gasteiger partial charge in [-0.2, -0.15) is 0 Å². The molecule has 2 aromatic carbocycles.